The van der Waals surface area contributed by atoms with Crippen LogP contribution in [0.1, 0.15) is 18.4 Å². The van der Waals surface area contributed by atoms with Gasteiger partial charge in [-0.1, -0.05) is 30.3 Å². The quantitative estimate of drug-likeness (QED) is 0.605. The average Bonchev–Trinajstić information content (AvgIpc) is 3.07. The molecule has 1 saturated heterocycles. The van der Waals surface area contributed by atoms with Gasteiger partial charge in [0.15, 0.2) is 0 Å². The van der Waals surface area contributed by atoms with Gasteiger partial charge >= 0.3 is 0 Å². The Morgan fingerprint density at radius 1 is 1.23 bits per heavy atom. The molecule has 1 aromatic heterocycles. The van der Waals surface area contributed by atoms with Crippen LogP contribution in [-0.2, 0) is 6.54 Å². The van der Waals surface area contributed by atoms with E-state index < -0.39 is 0 Å². The van der Waals surface area contributed by atoms with Crippen molar-refractivity contribution < 1.29 is 0 Å². The van der Waals surface area contributed by atoms with Crippen LogP contribution in [0.15, 0.2) is 41.6 Å². The van der Waals surface area contributed by atoms with Gasteiger partial charge in [-0.25, -0.2) is 0 Å². The van der Waals surface area contributed by atoms with Crippen molar-refractivity contribution in [2.75, 3.05) is 25.4 Å². The molecule has 5 nitrogen and oxygen atoms in total. The van der Waals surface area contributed by atoms with E-state index in [1.807, 2.05) is 0 Å². The lowest BCUT2D eigenvalue weighted by Gasteiger charge is -2.32. The van der Waals surface area contributed by atoms with Gasteiger partial charge in [-0.05, 0) is 31.5 Å². The third-order valence-electron chi connectivity index (χ3n) is 4.01. The predicted octanol–water partition coefficient (Wildman–Crippen LogP) is 2.15. The fourth-order valence-corrected chi connectivity index (χ4v) is 3.48. The van der Waals surface area contributed by atoms with Crippen molar-refractivity contribution in [3.8, 4) is 0 Å². The monoisotopic (exact) mass is 317 g/mol. The molecule has 1 aliphatic heterocycles. The van der Waals surface area contributed by atoms with E-state index in [4.69, 9.17) is 0 Å². The Kier molecular flexibility index (Phi) is 5.86. The molecule has 22 heavy (non-hydrogen) atoms. The Labute approximate surface area is 135 Å². The molecule has 118 valence electrons. The minimum atomic E-state index is 0.657. The molecule has 1 fully saturated rings. The molecule has 0 unspecified atom stereocenters. The summed E-state index contributed by atoms with van der Waals surface area (Å²) in [6, 6.07) is 11.4. The van der Waals surface area contributed by atoms with Gasteiger partial charge in [0.2, 0.25) is 0 Å². The maximum absolute atomic E-state index is 4.04. The number of hydrogen-bond donors (Lipinski definition) is 2. The Balaban J connectivity index is 1.30. The molecule has 1 aromatic carbocycles. The molecule has 0 saturated carbocycles. The molecule has 0 atom stereocenters. The summed E-state index contributed by atoms with van der Waals surface area (Å²) in [5.41, 5.74) is 1.41. The van der Waals surface area contributed by atoms with Gasteiger partial charge in [-0.3, -0.25) is 4.90 Å². The summed E-state index contributed by atoms with van der Waals surface area (Å²) in [6.07, 6.45) is 4.25. The zero-order valence-corrected chi connectivity index (χ0v) is 13.6. The van der Waals surface area contributed by atoms with Crippen LogP contribution in [0.2, 0.25) is 0 Å². The van der Waals surface area contributed by atoms with Crippen molar-refractivity contribution in [3.05, 3.63) is 42.1 Å². The highest BCUT2D eigenvalue weighted by molar-refractivity contribution is 7.99. The largest absolute Gasteiger partial charge is 0.313 e. The van der Waals surface area contributed by atoms with E-state index in [9.17, 15) is 0 Å². The van der Waals surface area contributed by atoms with Crippen molar-refractivity contribution in [1.82, 2.24) is 25.6 Å². The van der Waals surface area contributed by atoms with Crippen LogP contribution < -0.4 is 5.32 Å². The molecule has 2 N–H and O–H groups in total. The second-order valence-electron chi connectivity index (χ2n) is 5.65. The number of nitrogens with one attached hydrogen (secondary N) is 2. The Hall–Kier alpha value is -1.37. The summed E-state index contributed by atoms with van der Waals surface area (Å²) < 4.78 is 0. The zero-order chi connectivity index (χ0) is 15.0. The number of aromatic amines is 1. The number of rotatable bonds is 7. The van der Waals surface area contributed by atoms with Crippen LogP contribution in [0.4, 0.5) is 0 Å². The van der Waals surface area contributed by atoms with Crippen molar-refractivity contribution in [3.63, 3.8) is 0 Å². The zero-order valence-electron chi connectivity index (χ0n) is 12.7. The summed E-state index contributed by atoms with van der Waals surface area (Å²) >= 11 is 1.74. The second-order valence-corrected chi connectivity index (χ2v) is 6.76. The minimum Gasteiger partial charge on any atom is -0.313 e. The van der Waals surface area contributed by atoms with E-state index in [0.717, 1.165) is 23.9 Å². The fraction of sp³-hybridized carbons (Fsp3) is 0.500. The van der Waals surface area contributed by atoms with Crippen molar-refractivity contribution in [2.24, 2.45) is 0 Å². The highest BCUT2D eigenvalue weighted by Gasteiger charge is 2.18. The Bertz CT molecular complexity index is 523. The molecular formula is C16H23N5S. The van der Waals surface area contributed by atoms with E-state index in [1.165, 1.54) is 31.5 Å². The first-order valence-electron chi connectivity index (χ1n) is 7.88. The van der Waals surface area contributed by atoms with Crippen LogP contribution in [0.25, 0.3) is 0 Å². The third-order valence-corrected chi connectivity index (χ3v) is 4.92. The van der Waals surface area contributed by atoms with Gasteiger partial charge in [0.05, 0.1) is 6.20 Å². The molecule has 2 aromatic rings. The van der Waals surface area contributed by atoms with E-state index in [2.05, 4.69) is 56.0 Å². The second kappa shape index (κ2) is 8.31. The lowest BCUT2D eigenvalue weighted by atomic mass is 10.0. The molecule has 0 bridgehead atoms. The summed E-state index contributed by atoms with van der Waals surface area (Å²) in [4.78, 5) is 2.55. The highest BCUT2D eigenvalue weighted by atomic mass is 32.2. The number of piperidine rings is 1. The minimum absolute atomic E-state index is 0.657. The van der Waals surface area contributed by atoms with Crippen LogP contribution in [0.5, 0.6) is 0 Å². The first-order chi connectivity index (χ1) is 10.9. The molecule has 0 spiro atoms. The van der Waals surface area contributed by atoms with Crippen LogP contribution >= 0.6 is 11.8 Å². The van der Waals surface area contributed by atoms with Gasteiger partial charge in [-0.15, -0.1) is 16.9 Å². The lowest BCUT2D eigenvalue weighted by Crippen LogP contribution is -2.42. The van der Waals surface area contributed by atoms with Crippen molar-refractivity contribution in [1.29, 1.82) is 0 Å². The van der Waals surface area contributed by atoms with Gasteiger partial charge in [-0.2, -0.15) is 10.3 Å². The molecule has 2 heterocycles. The van der Waals surface area contributed by atoms with Crippen LogP contribution in [0, 0.1) is 0 Å². The molecule has 0 amide bonds. The number of H-pyrrole nitrogens is 1. The number of likely N-dealkylation sites (tertiary alicyclic amines) is 1. The topological polar surface area (TPSA) is 56.8 Å². The van der Waals surface area contributed by atoms with E-state index in [-0.39, 0.29) is 0 Å². The first-order valence-corrected chi connectivity index (χ1v) is 8.87. The van der Waals surface area contributed by atoms with Gasteiger partial charge < -0.3 is 5.32 Å². The smallest absolute Gasteiger partial charge is 0.138 e. The van der Waals surface area contributed by atoms with Gasteiger partial charge in [0.1, 0.15) is 5.03 Å². The third kappa shape index (κ3) is 4.83. The standard InChI is InChI=1S/C16H23N5S/c1-2-4-14(5-3-1)13-21-9-6-15(7-10-21)17-8-11-22-16-12-18-20-19-16/h1-5,12,15,17H,6-11,13H2,(H,18,19,20). The normalized spacial score (nSPS) is 16.9. The summed E-state index contributed by atoms with van der Waals surface area (Å²) in [7, 11) is 0. The van der Waals surface area contributed by atoms with Crippen molar-refractivity contribution >= 4 is 11.8 Å². The van der Waals surface area contributed by atoms with E-state index in [0.29, 0.717) is 6.04 Å². The molecular weight excluding hydrogens is 294 g/mol. The summed E-state index contributed by atoms with van der Waals surface area (Å²) in [6.45, 7) is 4.47. The number of nitrogens with zero attached hydrogens (tertiary/aromatic N) is 3. The summed E-state index contributed by atoms with van der Waals surface area (Å²) in [5, 5.41) is 15.1. The van der Waals surface area contributed by atoms with Gasteiger partial charge in [0.25, 0.3) is 0 Å². The number of benzene rings is 1. The number of aromatic nitrogens is 3. The first kappa shape index (κ1) is 15.5. The van der Waals surface area contributed by atoms with Crippen LogP contribution in [-0.4, -0.2) is 51.7 Å². The molecule has 0 aliphatic carbocycles. The lowest BCUT2D eigenvalue weighted by molar-refractivity contribution is 0.192. The molecule has 3 rings (SSSR count). The maximum atomic E-state index is 4.04. The molecule has 1 aliphatic rings. The molecule has 0 radical (unpaired) electrons. The predicted molar refractivity (Wildman–Crippen MR) is 89.9 cm³/mol. The fourth-order valence-electron chi connectivity index (χ4n) is 2.82. The van der Waals surface area contributed by atoms with Gasteiger partial charge in [0, 0.05) is 24.9 Å². The highest BCUT2D eigenvalue weighted by Crippen LogP contribution is 2.15. The molecule has 6 heteroatoms. The Morgan fingerprint density at radius 3 is 2.77 bits per heavy atom. The van der Waals surface area contributed by atoms with E-state index >= 15 is 0 Å². The van der Waals surface area contributed by atoms with E-state index in [1.54, 1.807) is 18.0 Å². The van der Waals surface area contributed by atoms with Crippen molar-refractivity contribution in [2.45, 2.75) is 30.5 Å². The number of thioether (sulfide) groups is 1. The maximum Gasteiger partial charge on any atom is 0.138 e. The average molecular weight is 317 g/mol. The SMILES string of the molecule is c1ccc(CN2CCC(NCCSc3cn[nH]n3)CC2)cc1. The summed E-state index contributed by atoms with van der Waals surface area (Å²) in [5.74, 6) is 1.04. The number of hydrogen-bond acceptors (Lipinski definition) is 5. The Morgan fingerprint density at radius 2 is 2.05 bits per heavy atom. The van der Waals surface area contributed by atoms with Crippen LogP contribution in [0.3, 0.4) is 0 Å².